The van der Waals surface area contributed by atoms with Crippen LogP contribution in [0.1, 0.15) is 50.6 Å². The van der Waals surface area contributed by atoms with Gasteiger partial charge in [-0.2, -0.15) is 0 Å². The third-order valence-electron chi connectivity index (χ3n) is 3.76. The van der Waals surface area contributed by atoms with Gasteiger partial charge < -0.3 is 10.5 Å². The predicted molar refractivity (Wildman–Crippen MR) is 71.7 cm³/mol. The van der Waals surface area contributed by atoms with Gasteiger partial charge in [-0.05, 0) is 42.9 Å². The number of carbonyl (C=O) groups is 2. The molecule has 20 heavy (non-hydrogen) atoms. The van der Waals surface area contributed by atoms with E-state index in [4.69, 9.17) is 15.7 Å². The van der Waals surface area contributed by atoms with Crippen molar-refractivity contribution in [3.63, 3.8) is 0 Å². The van der Waals surface area contributed by atoms with E-state index in [1.807, 2.05) is 6.07 Å². The zero-order chi connectivity index (χ0) is 14.7. The molecule has 4 N–H and O–H groups in total. The first-order valence-electron chi connectivity index (χ1n) is 6.51. The normalized spacial score (nSPS) is 15.9. The first kappa shape index (κ1) is 14.5. The standard InChI is InChI=1S/C14H18N2O4/c1-8-10(9-4-6-20-7-5-9)2-3-11(13(15)17)12(8)14(18)16-19/h2-3,9,19H,4-7H2,1H3,(H2,15,17)(H,16,18). The molecule has 0 unspecified atom stereocenters. The molecular weight excluding hydrogens is 260 g/mol. The number of rotatable bonds is 3. The van der Waals surface area contributed by atoms with Gasteiger partial charge in [-0.1, -0.05) is 6.07 Å². The summed E-state index contributed by atoms with van der Waals surface area (Å²) in [7, 11) is 0. The summed E-state index contributed by atoms with van der Waals surface area (Å²) in [5.41, 5.74) is 8.80. The van der Waals surface area contributed by atoms with E-state index < -0.39 is 11.8 Å². The van der Waals surface area contributed by atoms with Crippen LogP contribution in [0.2, 0.25) is 0 Å². The molecule has 0 spiro atoms. The summed E-state index contributed by atoms with van der Waals surface area (Å²) in [6.07, 6.45) is 1.74. The van der Waals surface area contributed by atoms with Crippen LogP contribution in [-0.2, 0) is 4.74 Å². The van der Waals surface area contributed by atoms with Crippen molar-refractivity contribution in [2.45, 2.75) is 25.7 Å². The van der Waals surface area contributed by atoms with Crippen molar-refractivity contribution in [1.29, 1.82) is 0 Å². The van der Waals surface area contributed by atoms with Gasteiger partial charge in [-0.25, -0.2) is 5.48 Å². The highest BCUT2D eigenvalue weighted by atomic mass is 16.5. The number of benzene rings is 1. The first-order valence-corrected chi connectivity index (χ1v) is 6.51. The summed E-state index contributed by atoms with van der Waals surface area (Å²) >= 11 is 0. The van der Waals surface area contributed by atoms with Gasteiger partial charge in [-0.3, -0.25) is 14.8 Å². The molecule has 1 aliphatic heterocycles. The molecule has 1 fully saturated rings. The maximum Gasteiger partial charge on any atom is 0.275 e. The summed E-state index contributed by atoms with van der Waals surface area (Å²) in [5.74, 6) is -1.12. The summed E-state index contributed by atoms with van der Waals surface area (Å²) in [5, 5.41) is 8.85. The van der Waals surface area contributed by atoms with Crippen molar-refractivity contribution in [2.24, 2.45) is 5.73 Å². The van der Waals surface area contributed by atoms with E-state index in [1.165, 1.54) is 0 Å². The van der Waals surface area contributed by atoms with Crippen molar-refractivity contribution in [1.82, 2.24) is 5.48 Å². The lowest BCUT2D eigenvalue weighted by molar-refractivity contribution is 0.0701. The monoisotopic (exact) mass is 278 g/mol. The molecule has 2 rings (SSSR count). The van der Waals surface area contributed by atoms with Gasteiger partial charge in [0.1, 0.15) is 0 Å². The van der Waals surface area contributed by atoms with E-state index in [2.05, 4.69) is 0 Å². The Labute approximate surface area is 116 Å². The van der Waals surface area contributed by atoms with E-state index in [-0.39, 0.29) is 17.0 Å². The number of carbonyl (C=O) groups excluding carboxylic acids is 2. The number of hydroxylamine groups is 1. The molecule has 0 radical (unpaired) electrons. The Morgan fingerprint density at radius 3 is 2.55 bits per heavy atom. The second kappa shape index (κ2) is 6.02. The van der Waals surface area contributed by atoms with Crippen LogP contribution in [-0.4, -0.2) is 30.2 Å². The maximum atomic E-state index is 11.8. The molecule has 2 amide bonds. The van der Waals surface area contributed by atoms with Crippen molar-refractivity contribution >= 4 is 11.8 Å². The highest BCUT2D eigenvalue weighted by molar-refractivity contribution is 6.07. The van der Waals surface area contributed by atoms with E-state index in [9.17, 15) is 9.59 Å². The van der Waals surface area contributed by atoms with Gasteiger partial charge in [0.2, 0.25) is 5.91 Å². The Kier molecular flexibility index (Phi) is 4.36. The fourth-order valence-corrected chi connectivity index (χ4v) is 2.73. The molecule has 6 heteroatoms. The van der Waals surface area contributed by atoms with Gasteiger partial charge in [0.15, 0.2) is 0 Å². The third kappa shape index (κ3) is 2.66. The Morgan fingerprint density at radius 1 is 1.35 bits per heavy atom. The van der Waals surface area contributed by atoms with E-state index in [1.54, 1.807) is 18.5 Å². The van der Waals surface area contributed by atoms with Crippen molar-refractivity contribution in [3.8, 4) is 0 Å². The van der Waals surface area contributed by atoms with Gasteiger partial charge in [0.25, 0.3) is 5.91 Å². The minimum atomic E-state index is -0.717. The highest BCUT2D eigenvalue weighted by Crippen LogP contribution is 2.31. The van der Waals surface area contributed by atoms with Crippen molar-refractivity contribution in [2.75, 3.05) is 13.2 Å². The smallest absolute Gasteiger partial charge is 0.275 e. The first-order chi connectivity index (χ1) is 9.56. The molecule has 0 bridgehead atoms. The fraction of sp³-hybridized carbons (Fsp3) is 0.429. The molecule has 108 valence electrons. The number of hydrogen-bond donors (Lipinski definition) is 3. The van der Waals surface area contributed by atoms with Crippen LogP contribution >= 0.6 is 0 Å². The number of primary amides is 1. The fourth-order valence-electron chi connectivity index (χ4n) is 2.73. The zero-order valence-electron chi connectivity index (χ0n) is 11.3. The number of amides is 2. The minimum Gasteiger partial charge on any atom is -0.381 e. The molecule has 1 aromatic rings. The molecule has 0 aromatic heterocycles. The molecule has 0 aliphatic carbocycles. The Balaban J connectivity index is 2.50. The lowest BCUT2D eigenvalue weighted by atomic mass is 9.85. The molecular formula is C14H18N2O4. The van der Waals surface area contributed by atoms with E-state index in [0.717, 1.165) is 18.4 Å². The minimum absolute atomic E-state index is 0.116. The van der Waals surface area contributed by atoms with Crippen LogP contribution in [0, 0.1) is 6.92 Å². The molecule has 0 atom stereocenters. The molecule has 1 saturated heterocycles. The van der Waals surface area contributed by atoms with Crippen LogP contribution in [0.4, 0.5) is 0 Å². The average Bonchev–Trinajstić information content (AvgIpc) is 2.46. The van der Waals surface area contributed by atoms with Gasteiger partial charge >= 0.3 is 0 Å². The molecule has 1 heterocycles. The molecule has 6 nitrogen and oxygen atoms in total. The van der Waals surface area contributed by atoms with Gasteiger partial charge in [0.05, 0.1) is 11.1 Å². The van der Waals surface area contributed by atoms with Crippen LogP contribution < -0.4 is 11.2 Å². The largest absolute Gasteiger partial charge is 0.381 e. The van der Waals surface area contributed by atoms with Gasteiger partial charge in [0, 0.05) is 13.2 Å². The predicted octanol–water partition coefficient (Wildman–Crippen LogP) is 1.11. The number of nitrogens with one attached hydrogen (secondary N) is 1. The summed E-state index contributed by atoms with van der Waals surface area (Å²) in [6, 6.07) is 3.38. The summed E-state index contributed by atoms with van der Waals surface area (Å²) in [6.45, 7) is 3.13. The SMILES string of the molecule is Cc1c(C2CCOCC2)ccc(C(N)=O)c1C(=O)NO. The van der Waals surface area contributed by atoms with Crippen molar-refractivity contribution in [3.05, 3.63) is 34.4 Å². The van der Waals surface area contributed by atoms with Crippen molar-refractivity contribution < 1.29 is 19.5 Å². The Hall–Kier alpha value is -1.92. The average molecular weight is 278 g/mol. The Morgan fingerprint density at radius 2 is 2.00 bits per heavy atom. The number of hydrogen-bond acceptors (Lipinski definition) is 4. The molecule has 0 saturated carbocycles. The maximum absolute atomic E-state index is 11.8. The lowest BCUT2D eigenvalue weighted by Crippen LogP contribution is -2.26. The summed E-state index contributed by atoms with van der Waals surface area (Å²) in [4.78, 5) is 23.2. The molecule has 1 aromatic carbocycles. The quantitative estimate of drug-likeness (QED) is 0.569. The van der Waals surface area contributed by atoms with Crippen LogP contribution in [0.15, 0.2) is 12.1 Å². The highest BCUT2D eigenvalue weighted by Gasteiger charge is 2.24. The van der Waals surface area contributed by atoms with E-state index in [0.29, 0.717) is 18.8 Å². The second-order valence-corrected chi connectivity index (χ2v) is 4.89. The van der Waals surface area contributed by atoms with E-state index >= 15 is 0 Å². The van der Waals surface area contributed by atoms with Crippen LogP contribution in [0.3, 0.4) is 0 Å². The zero-order valence-corrected chi connectivity index (χ0v) is 11.3. The Bertz CT molecular complexity index is 536. The second-order valence-electron chi connectivity index (χ2n) is 4.89. The number of nitrogens with two attached hydrogens (primary N) is 1. The van der Waals surface area contributed by atoms with Gasteiger partial charge in [-0.15, -0.1) is 0 Å². The summed E-state index contributed by atoms with van der Waals surface area (Å²) < 4.78 is 5.33. The van der Waals surface area contributed by atoms with Crippen LogP contribution in [0.25, 0.3) is 0 Å². The molecule has 1 aliphatic rings. The van der Waals surface area contributed by atoms with Crippen LogP contribution in [0.5, 0.6) is 0 Å². The number of ether oxygens (including phenoxy) is 1. The lowest BCUT2D eigenvalue weighted by Gasteiger charge is -2.25. The third-order valence-corrected chi connectivity index (χ3v) is 3.76. The topological polar surface area (TPSA) is 102 Å².